The van der Waals surface area contributed by atoms with E-state index in [1.54, 1.807) is 0 Å². The zero-order valence-corrected chi connectivity index (χ0v) is 15.4. The lowest BCUT2D eigenvalue weighted by atomic mass is 9.45. The lowest BCUT2D eigenvalue weighted by Crippen LogP contribution is -2.56. The van der Waals surface area contributed by atoms with Crippen LogP contribution in [-0.4, -0.2) is 28.6 Å². The fraction of sp³-hybridized carbons (Fsp3) is 0.800. The van der Waals surface area contributed by atoms with Gasteiger partial charge in [-0.15, -0.1) is 0 Å². The Labute approximate surface area is 145 Å². The highest BCUT2D eigenvalue weighted by Gasteiger charge is 2.56. The highest BCUT2D eigenvalue weighted by Crippen LogP contribution is 2.61. The minimum Gasteiger partial charge on any atom is -0.478 e. The predicted molar refractivity (Wildman–Crippen MR) is 93.5 cm³/mol. The monoisotopic (exact) mass is 336 g/mol. The van der Waals surface area contributed by atoms with Crippen molar-refractivity contribution in [2.24, 2.45) is 28.6 Å². The van der Waals surface area contributed by atoms with Gasteiger partial charge in [0.2, 0.25) is 0 Å². The Balaban J connectivity index is 2.25. The van der Waals surface area contributed by atoms with Crippen molar-refractivity contribution in [3.63, 3.8) is 0 Å². The highest BCUT2D eigenvalue weighted by molar-refractivity contribution is 5.80. The molecule has 0 aromatic carbocycles. The highest BCUT2D eigenvalue weighted by atomic mass is 16.4. The number of hydrogen-bond donors (Lipinski definition) is 2. The van der Waals surface area contributed by atoms with Gasteiger partial charge in [0.15, 0.2) is 0 Å². The van der Waals surface area contributed by atoms with Crippen LogP contribution in [0.4, 0.5) is 0 Å². The summed E-state index contributed by atoms with van der Waals surface area (Å²) in [7, 11) is 0. The Hall–Kier alpha value is -1.16. The van der Waals surface area contributed by atoms with Crippen LogP contribution < -0.4 is 0 Å². The first-order valence-electron chi connectivity index (χ1n) is 9.16. The quantitative estimate of drug-likeness (QED) is 0.591. The lowest BCUT2D eigenvalue weighted by Gasteiger charge is -2.60. The predicted octanol–water partition coefficient (Wildman–Crippen LogP) is 3.83. The van der Waals surface area contributed by atoms with E-state index in [4.69, 9.17) is 5.11 Å². The summed E-state index contributed by atoms with van der Waals surface area (Å²) < 4.78 is 0. The van der Waals surface area contributed by atoms with Gasteiger partial charge in [0, 0.05) is 12.0 Å². The largest absolute Gasteiger partial charge is 0.478 e. The molecule has 0 heterocycles. The van der Waals surface area contributed by atoms with E-state index >= 15 is 0 Å². The van der Waals surface area contributed by atoms with Crippen LogP contribution in [0.2, 0.25) is 0 Å². The molecule has 2 aliphatic rings. The van der Waals surface area contributed by atoms with E-state index in [0.29, 0.717) is 12.3 Å². The molecule has 2 N–H and O–H groups in total. The number of aliphatic hydroxyl groups excluding tert-OH is 1. The molecule has 4 nitrogen and oxygen atoms in total. The van der Waals surface area contributed by atoms with Crippen molar-refractivity contribution in [2.75, 3.05) is 0 Å². The maximum absolute atomic E-state index is 11.7. The Morgan fingerprint density at radius 3 is 2.46 bits per heavy atom. The molecule has 0 unspecified atom stereocenters. The zero-order valence-electron chi connectivity index (χ0n) is 15.4. The van der Waals surface area contributed by atoms with E-state index in [2.05, 4.69) is 20.8 Å². The van der Waals surface area contributed by atoms with E-state index in [0.717, 1.165) is 44.0 Å². The van der Waals surface area contributed by atoms with Crippen molar-refractivity contribution in [1.82, 2.24) is 0 Å². The Bertz CT molecular complexity index is 522. The van der Waals surface area contributed by atoms with Crippen molar-refractivity contribution >= 4 is 12.3 Å². The van der Waals surface area contributed by atoms with Gasteiger partial charge in [-0.05, 0) is 68.1 Å². The van der Waals surface area contributed by atoms with Crippen molar-refractivity contribution in [1.29, 1.82) is 0 Å². The Morgan fingerprint density at radius 2 is 1.88 bits per heavy atom. The molecule has 24 heavy (non-hydrogen) atoms. The van der Waals surface area contributed by atoms with Gasteiger partial charge in [0.25, 0.3) is 0 Å². The molecular formula is C20H32O4. The fourth-order valence-electron chi connectivity index (χ4n) is 5.64. The first-order valence-corrected chi connectivity index (χ1v) is 9.16. The molecule has 4 heteroatoms. The molecule has 2 aliphatic carbocycles. The normalized spacial score (nSPS) is 39.1. The third-order valence-corrected chi connectivity index (χ3v) is 7.06. The molecule has 2 fully saturated rings. The van der Waals surface area contributed by atoms with Crippen LogP contribution in [-0.2, 0) is 9.59 Å². The summed E-state index contributed by atoms with van der Waals surface area (Å²) in [5, 5.41) is 19.4. The topological polar surface area (TPSA) is 74.6 Å². The van der Waals surface area contributed by atoms with Gasteiger partial charge >= 0.3 is 5.97 Å². The number of carboxylic acid groups (broad SMARTS) is 1. The number of fused-ring (bicyclic) bond motifs is 1. The van der Waals surface area contributed by atoms with Gasteiger partial charge in [-0.2, -0.15) is 0 Å². The van der Waals surface area contributed by atoms with Crippen LogP contribution in [0.3, 0.4) is 0 Å². The number of hydrogen-bond acceptors (Lipinski definition) is 3. The number of aliphatic carboxylic acids is 1. The Morgan fingerprint density at radius 1 is 1.21 bits per heavy atom. The number of carbonyl (C=O) groups is 2. The van der Waals surface area contributed by atoms with Gasteiger partial charge in [0.1, 0.15) is 6.29 Å². The number of aliphatic hydroxyl groups is 1. The summed E-state index contributed by atoms with van der Waals surface area (Å²) in [5.74, 6) is -0.194. The van der Waals surface area contributed by atoms with Crippen LogP contribution in [0.1, 0.15) is 66.2 Å². The van der Waals surface area contributed by atoms with Crippen molar-refractivity contribution in [3.8, 4) is 0 Å². The van der Waals surface area contributed by atoms with Gasteiger partial charge in [-0.3, -0.25) is 0 Å². The number of carboxylic acids is 1. The summed E-state index contributed by atoms with van der Waals surface area (Å²) in [6.45, 7) is 8.46. The summed E-state index contributed by atoms with van der Waals surface area (Å²) >= 11 is 0. The van der Waals surface area contributed by atoms with E-state index in [-0.39, 0.29) is 28.8 Å². The van der Waals surface area contributed by atoms with Crippen molar-refractivity contribution in [2.45, 2.75) is 72.3 Å². The van der Waals surface area contributed by atoms with Crippen LogP contribution in [0.5, 0.6) is 0 Å². The smallest absolute Gasteiger partial charge is 0.328 e. The van der Waals surface area contributed by atoms with Gasteiger partial charge in [-0.25, -0.2) is 4.79 Å². The maximum atomic E-state index is 11.7. The van der Waals surface area contributed by atoms with Crippen LogP contribution in [0.15, 0.2) is 11.6 Å². The second-order valence-electron chi connectivity index (χ2n) is 8.79. The maximum Gasteiger partial charge on any atom is 0.328 e. The molecule has 0 aromatic rings. The van der Waals surface area contributed by atoms with Crippen molar-refractivity contribution in [3.05, 3.63) is 11.6 Å². The number of allylic oxidation sites excluding steroid dienone is 1. The first-order chi connectivity index (χ1) is 11.1. The molecule has 136 valence electrons. The lowest BCUT2D eigenvalue weighted by molar-refractivity contribution is -0.155. The Kier molecular flexibility index (Phi) is 5.58. The zero-order chi connectivity index (χ0) is 18.1. The molecule has 2 saturated carbocycles. The van der Waals surface area contributed by atoms with E-state index < -0.39 is 5.97 Å². The second kappa shape index (κ2) is 6.99. The van der Waals surface area contributed by atoms with Crippen LogP contribution >= 0.6 is 0 Å². The standard InChI is InChI=1S/C20H32O4/c1-13(11-18(23)24)5-7-15-14(12-21)6-8-16-19(2,3)17(22)9-10-20(15,16)4/h11-12,14-17,22H,5-10H2,1-4H3,(H,23,24)/b13-11-/t14-,15+,16+,17+,20-/m0/s1. The molecule has 2 rings (SSSR count). The molecule has 0 spiro atoms. The summed E-state index contributed by atoms with van der Waals surface area (Å²) in [6, 6.07) is 0. The molecule has 5 atom stereocenters. The van der Waals surface area contributed by atoms with E-state index in [9.17, 15) is 14.7 Å². The second-order valence-corrected chi connectivity index (χ2v) is 8.79. The van der Waals surface area contributed by atoms with Gasteiger partial charge < -0.3 is 15.0 Å². The number of carbonyl (C=O) groups excluding carboxylic acids is 1. The summed E-state index contributed by atoms with van der Waals surface area (Å²) in [5.41, 5.74) is 0.758. The third kappa shape index (κ3) is 3.44. The average Bonchev–Trinajstić information content (AvgIpc) is 2.48. The molecule has 0 saturated heterocycles. The van der Waals surface area contributed by atoms with Crippen molar-refractivity contribution < 1.29 is 19.8 Å². The van der Waals surface area contributed by atoms with Crippen LogP contribution in [0.25, 0.3) is 0 Å². The SMILES string of the molecule is C/C(=C/C(=O)O)CC[C@@H]1[C@H](C=O)CC[C@@H]2C(C)(C)[C@H](O)CC[C@@]12C. The van der Waals surface area contributed by atoms with Gasteiger partial charge in [-0.1, -0.05) is 26.3 Å². The minimum absolute atomic E-state index is 0.0378. The fourth-order valence-corrected chi connectivity index (χ4v) is 5.64. The average molecular weight is 336 g/mol. The molecule has 0 amide bonds. The summed E-state index contributed by atoms with van der Waals surface area (Å²) in [4.78, 5) is 22.5. The van der Waals surface area contributed by atoms with E-state index in [1.165, 1.54) is 6.08 Å². The van der Waals surface area contributed by atoms with E-state index in [1.807, 2.05) is 6.92 Å². The molecular weight excluding hydrogens is 304 g/mol. The third-order valence-electron chi connectivity index (χ3n) is 7.06. The molecule has 0 radical (unpaired) electrons. The first kappa shape index (κ1) is 19.2. The molecule has 0 bridgehead atoms. The van der Waals surface area contributed by atoms with Crippen LogP contribution in [0, 0.1) is 28.6 Å². The summed E-state index contributed by atoms with van der Waals surface area (Å²) in [6.07, 6.45) is 7.26. The minimum atomic E-state index is -0.908. The number of rotatable bonds is 5. The molecule has 0 aliphatic heterocycles. The number of aldehydes is 1. The molecule has 0 aromatic heterocycles. The van der Waals surface area contributed by atoms with Gasteiger partial charge in [0.05, 0.1) is 6.10 Å².